The van der Waals surface area contributed by atoms with Crippen molar-refractivity contribution in [3.63, 3.8) is 0 Å². The van der Waals surface area contributed by atoms with Crippen molar-refractivity contribution in [3.8, 4) is 0 Å². The van der Waals surface area contributed by atoms with Gasteiger partial charge in [-0.05, 0) is 60.2 Å². The first-order valence-corrected chi connectivity index (χ1v) is 9.72. The van der Waals surface area contributed by atoms with Crippen LogP contribution in [0.1, 0.15) is 64.6 Å². The van der Waals surface area contributed by atoms with Crippen LogP contribution in [-0.2, 0) is 13.0 Å². The van der Waals surface area contributed by atoms with E-state index in [9.17, 15) is 9.18 Å². The fraction of sp³-hybridized carbons (Fsp3) is 0.375. The minimum absolute atomic E-state index is 0.0436. The average molecular weight is 368 g/mol. The first-order valence-electron chi connectivity index (χ1n) is 9.72. The maximum atomic E-state index is 14.2. The van der Waals surface area contributed by atoms with Crippen molar-refractivity contribution in [1.29, 1.82) is 0 Å². The molecule has 0 radical (unpaired) electrons. The van der Waals surface area contributed by atoms with Crippen LogP contribution in [0.2, 0.25) is 0 Å². The zero-order valence-corrected chi connectivity index (χ0v) is 16.9. The minimum atomic E-state index is -1.03. The van der Waals surface area contributed by atoms with Gasteiger partial charge in [0.05, 0.1) is 0 Å². The van der Waals surface area contributed by atoms with Gasteiger partial charge < -0.3 is 4.90 Å². The van der Waals surface area contributed by atoms with E-state index in [4.69, 9.17) is 0 Å². The highest BCUT2D eigenvalue weighted by Gasteiger charge is 2.23. The van der Waals surface area contributed by atoms with E-state index in [1.54, 1.807) is 6.08 Å². The molecule has 1 aliphatic heterocycles. The van der Waals surface area contributed by atoms with E-state index in [1.165, 1.54) is 11.1 Å². The Hall–Kier alpha value is -2.42. The predicted molar refractivity (Wildman–Crippen MR) is 111 cm³/mol. The number of hydrogen-bond acceptors (Lipinski definition) is 1. The summed E-state index contributed by atoms with van der Waals surface area (Å²) < 4.78 is 14.2. The molecule has 3 heteroatoms. The zero-order chi connectivity index (χ0) is 20.0. The lowest BCUT2D eigenvalue weighted by Crippen LogP contribution is -2.36. The topological polar surface area (TPSA) is 20.3 Å². The normalized spacial score (nSPS) is 13.9. The van der Waals surface area contributed by atoms with Gasteiger partial charge in [-0.2, -0.15) is 0 Å². The molecular weight excluding hydrogens is 337 g/mol. The number of carbonyl (C=O) groups is 1. The van der Waals surface area contributed by atoms with Crippen LogP contribution in [0.4, 0.5) is 4.39 Å². The summed E-state index contributed by atoms with van der Waals surface area (Å²) in [4.78, 5) is 14.7. The molecule has 144 valence electrons. The van der Waals surface area contributed by atoms with Crippen molar-refractivity contribution in [2.45, 2.75) is 53.3 Å². The number of allylic oxidation sites excluding steroid dienone is 1. The molecule has 3 rings (SSSR count). The van der Waals surface area contributed by atoms with Crippen molar-refractivity contribution in [2.24, 2.45) is 0 Å². The maximum absolute atomic E-state index is 14.2. The second kappa shape index (κ2) is 9.50. The highest BCUT2D eigenvalue weighted by atomic mass is 19.1. The first-order chi connectivity index (χ1) is 13.0. The Balaban J connectivity index is 0.00000126. The van der Waals surface area contributed by atoms with Gasteiger partial charge in [-0.1, -0.05) is 44.2 Å². The molecule has 2 nitrogen and oxygen atoms in total. The smallest absolute Gasteiger partial charge is 0.254 e. The van der Waals surface area contributed by atoms with Crippen molar-refractivity contribution < 1.29 is 9.18 Å². The molecule has 0 fully saturated rings. The summed E-state index contributed by atoms with van der Waals surface area (Å²) in [5, 5.41) is 0. The van der Waals surface area contributed by atoms with Gasteiger partial charge in [-0.3, -0.25) is 4.79 Å². The van der Waals surface area contributed by atoms with E-state index in [0.717, 1.165) is 23.1 Å². The molecule has 0 aliphatic carbocycles. The summed E-state index contributed by atoms with van der Waals surface area (Å²) in [5.41, 5.74) is 5.94. The summed E-state index contributed by atoms with van der Waals surface area (Å²) in [6.45, 7) is 12.9. The molecule has 1 atom stereocenters. The molecular formula is C24H30FNO. The third kappa shape index (κ3) is 4.85. The van der Waals surface area contributed by atoms with Crippen molar-refractivity contribution in [2.75, 3.05) is 6.54 Å². The van der Waals surface area contributed by atoms with E-state index in [-0.39, 0.29) is 5.91 Å². The summed E-state index contributed by atoms with van der Waals surface area (Å²) in [7, 11) is 0. The van der Waals surface area contributed by atoms with Gasteiger partial charge in [0.25, 0.3) is 5.91 Å². The Bertz CT molecular complexity index is 812. The number of amides is 1. The molecule has 2 aromatic rings. The molecule has 1 aliphatic rings. The highest BCUT2D eigenvalue weighted by molar-refractivity contribution is 5.94. The van der Waals surface area contributed by atoms with E-state index in [0.29, 0.717) is 25.1 Å². The molecule has 0 saturated carbocycles. The van der Waals surface area contributed by atoms with Crippen LogP contribution in [0.3, 0.4) is 0 Å². The number of benzene rings is 2. The number of halogens is 1. The molecule has 0 N–H and O–H groups in total. The van der Waals surface area contributed by atoms with E-state index in [2.05, 4.69) is 6.58 Å². The van der Waals surface area contributed by atoms with Crippen LogP contribution in [-0.4, -0.2) is 17.4 Å². The SMILES string of the molecule is C=CCC(F)c1ccc2c(c1)CN(C(=O)c1ccc(C)c(C)c1)CC2.CC. The lowest BCUT2D eigenvalue weighted by molar-refractivity contribution is 0.0734. The molecule has 1 unspecified atom stereocenters. The highest BCUT2D eigenvalue weighted by Crippen LogP contribution is 2.28. The molecule has 2 aromatic carbocycles. The number of carbonyl (C=O) groups excluding carboxylic acids is 1. The molecule has 1 amide bonds. The molecule has 0 aromatic heterocycles. The number of aryl methyl sites for hydroxylation is 2. The van der Waals surface area contributed by atoms with Gasteiger partial charge in [0, 0.05) is 25.1 Å². The Morgan fingerprint density at radius 1 is 1.15 bits per heavy atom. The van der Waals surface area contributed by atoms with Gasteiger partial charge in [-0.25, -0.2) is 4.39 Å². The molecule has 1 heterocycles. The van der Waals surface area contributed by atoms with E-state index < -0.39 is 6.17 Å². The number of alkyl halides is 1. The van der Waals surface area contributed by atoms with Crippen LogP contribution in [0.5, 0.6) is 0 Å². The second-order valence-electron chi connectivity index (χ2n) is 6.80. The van der Waals surface area contributed by atoms with Gasteiger partial charge >= 0.3 is 0 Å². The second-order valence-corrected chi connectivity index (χ2v) is 6.80. The van der Waals surface area contributed by atoms with Gasteiger partial charge in [-0.15, -0.1) is 6.58 Å². The monoisotopic (exact) mass is 367 g/mol. The van der Waals surface area contributed by atoms with Crippen LogP contribution >= 0.6 is 0 Å². The lowest BCUT2D eigenvalue weighted by atomic mass is 9.94. The fourth-order valence-corrected chi connectivity index (χ4v) is 3.28. The number of fused-ring (bicyclic) bond motifs is 1. The molecule has 0 bridgehead atoms. The van der Waals surface area contributed by atoms with E-state index in [1.807, 2.05) is 69.0 Å². The number of hydrogen-bond donors (Lipinski definition) is 0. The molecule has 27 heavy (non-hydrogen) atoms. The lowest BCUT2D eigenvalue weighted by Gasteiger charge is -2.29. The van der Waals surface area contributed by atoms with E-state index >= 15 is 0 Å². The Morgan fingerprint density at radius 3 is 2.56 bits per heavy atom. The van der Waals surface area contributed by atoms with Gasteiger partial charge in [0.1, 0.15) is 6.17 Å². The quantitative estimate of drug-likeness (QED) is 0.597. The van der Waals surface area contributed by atoms with Crippen LogP contribution < -0.4 is 0 Å². The van der Waals surface area contributed by atoms with Crippen molar-refractivity contribution in [3.05, 3.63) is 82.4 Å². The van der Waals surface area contributed by atoms with Crippen LogP contribution in [0.25, 0.3) is 0 Å². The Morgan fingerprint density at radius 2 is 1.89 bits per heavy atom. The first kappa shape index (κ1) is 20.9. The molecule has 0 spiro atoms. The minimum Gasteiger partial charge on any atom is -0.334 e. The molecule has 0 saturated heterocycles. The standard InChI is InChI=1S/C22H24FNO.C2H6/c1-4-5-21(23)18-9-8-17-10-11-24(14-20(17)13-18)22(25)19-7-6-15(2)16(3)12-19;1-2/h4,6-9,12-13,21H,1,5,10-11,14H2,2-3H3;1-2H3. The number of rotatable bonds is 4. The zero-order valence-electron chi connectivity index (χ0n) is 16.9. The average Bonchev–Trinajstić information content (AvgIpc) is 2.70. The summed E-state index contributed by atoms with van der Waals surface area (Å²) in [5.74, 6) is 0.0436. The Labute approximate surface area is 162 Å². The predicted octanol–water partition coefficient (Wildman–Crippen LogP) is 6.11. The van der Waals surface area contributed by atoms with Gasteiger partial charge in [0.15, 0.2) is 0 Å². The fourth-order valence-electron chi connectivity index (χ4n) is 3.28. The third-order valence-electron chi connectivity index (χ3n) is 5.02. The largest absolute Gasteiger partial charge is 0.334 e. The van der Waals surface area contributed by atoms with Crippen molar-refractivity contribution in [1.82, 2.24) is 4.90 Å². The van der Waals surface area contributed by atoms with Crippen LogP contribution in [0.15, 0.2) is 49.1 Å². The maximum Gasteiger partial charge on any atom is 0.254 e. The Kier molecular flexibility index (Phi) is 7.35. The number of nitrogens with zero attached hydrogens (tertiary/aromatic N) is 1. The van der Waals surface area contributed by atoms with Gasteiger partial charge in [0.2, 0.25) is 0 Å². The summed E-state index contributed by atoms with van der Waals surface area (Å²) in [6, 6.07) is 11.6. The third-order valence-corrected chi connectivity index (χ3v) is 5.02. The summed E-state index contributed by atoms with van der Waals surface area (Å²) >= 11 is 0. The van der Waals surface area contributed by atoms with Crippen LogP contribution in [0, 0.1) is 13.8 Å². The summed E-state index contributed by atoms with van der Waals surface area (Å²) in [6.07, 6.45) is 1.68. The van der Waals surface area contributed by atoms with Crippen molar-refractivity contribution >= 4 is 5.91 Å².